The molecule has 3 saturated heterocycles. The largest absolute Gasteiger partial charge is 0.371 e. The number of piperazine rings is 2. The van der Waals surface area contributed by atoms with E-state index in [1.165, 1.54) is 29.2 Å². The Balaban J connectivity index is 0.000000225. The molecule has 0 unspecified atom stereocenters. The monoisotopic (exact) mass is 1590 g/mol. The summed E-state index contributed by atoms with van der Waals surface area (Å²) in [4.78, 5) is 57.5. The Morgan fingerprint density at radius 3 is 1.69 bits per heavy atom. The summed E-state index contributed by atoms with van der Waals surface area (Å²) in [5, 5.41) is 16.8. The molecular formula is C70H82Cl2FN17O9S6. The molecule has 3 aliphatic heterocycles. The van der Waals surface area contributed by atoms with E-state index < -0.39 is 36.1 Å². The Kier molecular flexibility index (Phi) is 22.4. The van der Waals surface area contributed by atoms with Crippen LogP contribution in [0.2, 0.25) is 10.0 Å². The van der Waals surface area contributed by atoms with Crippen molar-refractivity contribution in [2.75, 3.05) is 94.3 Å². The average Bonchev–Trinajstić information content (AvgIpc) is 1.60. The predicted molar refractivity (Wildman–Crippen MR) is 423 cm³/mol. The van der Waals surface area contributed by atoms with Gasteiger partial charge in [-0.25, -0.2) is 39.6 Å². The van der Waals surface area contributed by atoms with Gasteiger partial charge in [-0.05, 0) is 159 Å². The first-order chi connectivity index (χ1) is 50.5. The minimum absolute atomic E-state index is 0. The number of rotatable bonds is 19. The van der Waals surface area contributed by atoms with Gasteiger partial charge >= 0.3 is 0 Å². The molecule has 0 radical (unpaired) electrons. The van der Waals surface area contributed by atoms with Crippen LogP contribution in [0.1, 0.15) is 47.3 Å². The normalized spacial score (nSPS) is 15.2. The molecule has 12 aromatic rings. The van der Waals surface area contributed by atoms with E-state index in [-0.39, 0.29) is 75.7 Å². The van der Waals surface area contributed by atoms with Crippen LogP contribution in [0, 0.1) is 5.82 Å². The number of amides is 3. The number of piperidine rings is 1. The van der Waals surface area contributed by atoms with Gasteiger partial charge in [0.2, 0.25) is 28.0 Å². The molecule has 6 aromatic carbocycles. The lowest BCUT2D eigenvalue weighted by molar-refractivity contribution is -0.135. The number of aromatic nitrogens is 8. The summed E-state index contributed by atoms with van der Waals surface area (Å²) in [6.45, 7) is 10.1. The van der Waals surface area contributed by atoms with Crippen LogP contribution in [-0.2, 0) is 51.0 Å². The van der Waals surface area contributed by atoms with E-state index in [0.717, 1.165) is 87.7 Å². The van der Waals surface area contributed by atoms with Gasteiger partial charge in [0.05, 0.1) is 25.7 Å². The molecule has 4 N–H and O–H groups in total. The molecule has 26 nitrogen and oxygen atoms in total. The highest BCUT2D eigenvalue weighted by molar-refractivity contribution is 7.93. The highest BCUT2D eigenvalue weighted by Crippen LogP contribution is 2.31. The zero-order valence-electron chi connectivity index (χ0n) is 56.4. The summed E-state index contributed by atoms with van der Waals surface area (Å²) in [5.74, 6) is -0.301. The number of thiazole rings is 1. The minimum Gasteiger partial charge on any atom is -0.371 e. The average molecular weight is 1590 g/mol. The van der Waals surface area contributed by atoms with Gasteiger partial charge in [0.25, 0.3) is 30.1 Å². The number of carbonyl (C=O) groups excluding carboxylic acids is 3. The number of carbonyl (C=O) groups is 3. The van der Waals surface area contributed by atoms with Crippen LogP contribution in [-0.4, -0.2) is 163 Å². The highest BCUT2D eigenvalue weighted by atomic mass is 35.5. The molecule has 3 fully saturated rings. The standard InChI is InChI=1S/C24H24ClN5O3S2.C23H23ClN6O3S2.C23H23FN6O3S2.6H2/c1-17(30-9-7-18-5-6-19(25)15-22(18)30)23(31)29-12-10-28(11-13-29)20-3-2-4-21(16-20)35(32,33)27-24-26-8-14-34-24;24-17-2-1-16-7-10-30(21(16)13-17)14-22(31)27-18-8-11-29(12-9-18)19-3-5-20(6-4-19)35(32,33)28-23-25-15-26-34-23;1-16(30-10-9-19-20(24)3-2-4-21(19)30)22(31)29-13-11-28(12-14-29)17-5-7-18(8-6-17)35(32,33)27-23-26-25-15-34-23;;;;;;/h2-9,14-17H,10-13H2,1H3,(H,26,27);1-7,10,13,15,18H,8-9,11-12,14H2,(H,27,31)(H,25,26,28);2-10,15-16H,11-14H2,1H3,(H,26,27);6*1H/t17-;;16-;;;;;;/m1.0....../s1. The molecule has 2 atom stereocenters. The molecule has 6 aromatic heterocycles. The number of sulfonamides is 3. The summed E-state index contributed by atoms with van der Waals surface area (Å²) in [6, 6.07) is 41.4. The number of benzene rings is 6. The van der Waals surface area contributed by atoms with Gasteiger partial charge in [0.15, 0.2) is 5.13 Å². The predicted octanol–water partition coefficient (Wildman–Crippen LogP) is 13.0. The number of hydrogen-bond donors (Lipinski definition) is 4. The summed E-state index contributed by atoms with van der Waals surface area (Å²) in [7, 11) is -11.2. The second-order valence-electron chi connectivity index (χ2n) is 24.9. The minimum atomic E-state index is -3.74. The number of hydrogen-bond acceptors (Lipinski definition) is 20. The number of halogens is 3. The van der Waals surface area contributed by atoms with Crippen molar-refractivity contribution in [1.82, 2.24) is 53.4 Å². The smallest absolute Gasteiger partial charge is 0.263 e. The third-order valence-electron chi connectivity index (χ3n) is 18.4. The van der Waals surface area contributed by atoms with Crippen molar-refractivity contribution in [3.05, 3.63) is 203 Å². The fraction of sp³-hybridized carbons (Fsp3) is 0.257. The molecule has 0 spiro atoms. The van der Waals surface area contributed by atoms with Crippen molar-refractivity contribution in [2.24, 2.45) is 0 Å². The molecule has 558 valence electrons. The maximum absolute atomic E-state index is 14.0. The topological polar surface area (TPSA) is 297 Å². The number of nitrogens with one attached hydrogen (secondary N) is 4. The summed E-state index contributed by atoms with van der Waals surface area (Å²) in [6.07, 6.45) is 10.0. The van der Waals surface area contributed by atoms with Gasteiger partial charge in [0, 0.05) is 160 Å². The van der Waals surface area contributed by atoms with E-state index in [1.807, 2.05) is 110 Å². The van der Waals surface area contributed by atoms with Gasteiger partial charge < -0.3 is 43.5 Å². The first-order valence-electron chi connectivity index (χ1n) is 33.2. The van der Waals surface area contributed by atoms with Crippen LogP contribution in [0.4, 0.5) is 36.8 Å². The van der Waals surface area contributed by atoms with Gasteiger partial charge in [-0.2, -0.15) is 4.37 Å². The Morgan fingerprint density at radius 2 is 1.10 bits per heavy atom. The van der Waals surface area contributed by atoms with Crippen molar-refractivity contribution < 1.29 is 52.6 Å². The van der Waals surface area contributed by atoms with Crippen LogP contribution in [0.15, 0.2) is 202 Å². The molecule has 9 heterocycles. The second kappa shape index (κ2) is 31.9. The highest BCUT2D eigenvalue weighted by Gasteiger charge is 2.31. The lowest BCUT2D eigenvalue weighted by atomic mass is 10.0. The first kappa shape index (κ1) is 73.6. The molecule has 3 amide bonds. The maximum atomic E-state index is 14.0. The molecule has 105 heavy (non-hydrogen) atoms. The molecule has 15 rings (SSSR count). The van der Waals surface area contributed by atoms with Gasteiger partial charge in [-0.15, -0.1) is 21.5 Å². The van der Waals surface area contributed by atoms with Crippen LogP contribution in [0.3, 0.4) is 0 Å². The van der Waals surface area contributed by atoms with Crippen molar-refractivity contribution in [3.8, 4) is 0 Å². The Morgan fingerprint density at radius 1 is 0.552 bits per heavy atom. The van der Waals surface area contributed by atoms with E-state index >= 15 is 0 Å². The molecular weight excluding hydrogens is 1510 g/mol. The zero-order chi connectivity index (χ0) is 73.6. The first-order valence-corrected chi connectivity index (χ1v) is 40.9. The fourth-order valence-corrected chi connectivity index (χ4v) is 18.4. The maximum Gasteiger partial charge on any atom is 0.263 e. The molecule has 0 aliphatic carbocycles. The summed E-state index contributed by atoms with van der Waals surface area (Å²) < 4.78 is 106. The Labute approximate surface area is 635 Å². The zero-order valence-corrected chi connectivity index (χ0v) is 62.8. The third kappa shape index (κ3) is 17.3. The van der Waals surface area contributed by atoms with E-state index in [0.29, 0.717) is 78.4 Å². The Hall–Kier alpha value is -9.74. The Bertz CT molecular complexity index is 5440. The van der Waals surface area contributed by atoms with E-state index in [2.05, 4.69) is 58.7 Å². The summed E-state index contributed by atoms with van der Waals surface area (Å²) >= 11 is 15.6. The fourth-order valence-electron chi connectivity index (χ4n) is 12.8. The molecule has 35 heteroatoms. The van der Waals surface area contributed by atoms with Crippen LogP contribution >= 0.6 is 57.4 Å². The van der Waals surface area contributed by atoms with E-state index in [1.54, 1.807) is 96.6 Å². The lowest BCUT2D eigenvalue weighted by Gasteiger charge is -2.37. The van der Waals surface area contributed by atoms with Crippen molar-refractivity contribution in [3.63, 3.8) is 0 Å². The van der Waals surface area contributed by atoms with Crippen molar-refractivity contribution in [1.29, 1.82) is 0 Å². The molecule has 0 bridgehead atoms. The number of nitrogens with zero attached hydrogens (tertiary/aromatic N) is 13. The summed E-state index contributed by atoms with van der Waals surface area (Å²) in [5.41, 5.74) is 6.64. The third-order valence-corrected chi connectivity index (χ3v) is 25.2. The lowest BCUT2D eigenvalue weighted by Crippen LogP contribution is -2.50. The van der Waals surface area contributed by atoms with Crippen LogP contribution in [0.25, 0.3) is 32.7 Å². The van der Waals surface area contributed by atoms with Gasteiger partial charge in [0.1, 0.15) is 36.3 Å². The number of fused-ring (bicyclic) bond motifs is 3. The number of anilines is 6. The van der Waals surface area contributed by atoms with Crippen LogP contribution in [0.5, 0.6) is 0 Å². The van der Waals surface area contributed by atoms with Gasteiger partial charge in [-0.1, -0.05) is 58.8 Å². The van der Waals surface area contributed by atoms with E-state index in [9.17, 15) is 44.0 Å². The van der Waals surface area contributed by atoms with Gasteiger partial charge in [-0.3, -0.25) is 28.5 Å². The SMILES string of the molecule is C[C@@H](C(=O)N1CCN(c2ccc(S(=O)(=O)Nc3nncs3)cc2)CC1)n1ccc2c(F)cccc21.C[C@H](C(=O)N1CCN(c2cccc(S(=O)(=O)Nc3nccs3)c2)CC1)n1ccc2ccc(Cl)cc21.O=C(Cn1ccc2ccc(Cl)cc21)NC1CCN(c2ccc(S(=O)(=O)Nc3ncns3)cc2)CC1.[HH].[HH].[HH].[HH].[HH].[HH]. The van der Waals surface area contributed by atoms with E-state index in [4.69, 9.17) is 23.2 Å². The second-order valence-corrected chi connectivity index (χ2v) is 33.3. The van der Waals surface area contributed by atoms with Crippen LogP contribution < -0.4 is 34.2 Å². The quantitative estimate of drug-likeness (QED) is 0.0585. The van der Waals surface area contributed by atoms with Crippen molar-refractivity contribution >= 4 is 170 Å². The molecule has 0 saturated carbocycles. The van der Waals surface area contributed by atoms with Crippen molar-refractivity contribution in [2.45, 2.75) is 66.0 Å². The molecule has 3 aliphatic rings.